The van der Waals surface area contributed by atoms with Crippen LogP contribution in [0.5, 0.6) is 0 Å². The lowest BCUT2D eigenvalue weighted by molar-refractivity contribution is 0.108. The van der Waals surface area contributed by atoms with Crippen LogP contribution in [0.1, 0.15) is 17.4 Å². The van der Waals surface area contributed by atoms with Crippen LogP contribution in [-0.4, -0.2) is 5.11 Å². The predicted molar refractivity (Wildman–Crippen MR) is 92.3 cm³/mol. The Bertz CT molecular complexity index is 897. The van der Waals surface area contributed by atoms with Crippen molar-refractivity contribution in [1.29, 1.82) is 0 Å². The second kappa shape index (κ2) is 4.67. The summed E-state index contributed by atoms with van der Waals surface area (Å²) in [6.07, 6.45) is 0. The van der Waals surface area contributed by atoms with Gasteiger partial charge in [-0.05, 0) is 41.3 Å². The molecule has 0 aliphatic carbocycles. The number of fused-ring (bicyclic) bond motifs is 2. The molecule has 0 amide bonds. The third-order valence-corrected chi connectivity index (χ3v) is 6.20. The molecule has 0 saturated carbocycles. The molecular formula is C18H14OS2. The fourth-order valence-electron chi connectivity index (χ4n) is 2.73. The summed E-state index contributed by atoms with van der Waals surface area (Å²) >= 11 is 3.35. The molecule has 4 rings (SSSR count). The Hall–Kier alpha value is -1.68. The second-order valence-electron chi connectivity index (χ2n) is 5.37. The highest BCUT2D eigenvalue weighted by Gasteiger charge is 2.29. The van der Waals surface area contributed by atoms with E-state index in [2.05, 4.69) is 35.7 Å². The molecule has 0 aliphatic rings. The summed E-state index contributed by atoms with van der Waals surface area (Å²) in [4.78, 5) is 0.990. The molecule has 0 fully saturated rings. The Morgan fingerprint density at radius 3 is 2.62 bits per heavy atom. The summed E-state index contributed by atoms with van der Waals surface area (Å²) in [5.41, 5.74) is 0.0233. The van der Waals surface area contributed by atoms with Gasteiger partial charge in [-0.15, -0.1) is 22.7 Å². The van der Waals surface area contributed by atoms with Gasteiger partial charge in [0.15, 0.2) is 0 Å². The lowest BCUT2D eigenvalue weighted by Crippen LogP contribution is -2.21. The highest BCUT2D eigenvalue weighted by Crippen LogP contribution is 2.41. The molecule has 0 saturated heterocycles. The SMILES string of the molecule is CC(O)(c1cc2ccccc2s1)c1cccc2ccsc12. The first-order valence-electron chi connectivity index (χ1n) is 6.84. The van der Waals surface area contributed by atoms with Gasteiger partial charge in [-0.25, -0.2) is 0 Å². The van der Waals surface area contributed by atoms with Crippen molar-refractivity contribution in [2.75, 3.05) is 0 Å². The van der Waals surface area contributed by atoms with Gasteiger partial charge >= 0.3 is 0 Å². The molecule has 1 nitrogen and oxygen atoms in total. The van der Waals surface area contributed by atoms with Crippen molar-refractivity contribution in [3.8, 4) is 0 Å². The molecule has 0 radical (unpaired) electrons. The number of hydrogen-bond acceptors (Lipinski definition) is 3. The Balaban J connectivity index is 1.94. The first-order chi connectivity index (χ1) is 10.2. The van der Waals surface area contributed by atoms with Crippen LogP contribution >= 0.6 is 22.7 Å². The first kappa shape index (κ1) is 13.0. The molecule has 1 unspecified atom stereocenters. The van der Waals surface area contributed by atoms with E-state index in [1.54, 1.807) is 22.7 Å². The number of thiophene rings is 2. The van der Waals surface area contributed by atoms with Crippen molar-refractivity contribution in [1.82, 2.24) is 0 Å². The smallest absolute Gasteiger partial charge is 0.122 e. The van der Waals surface area contributed by atoms with Crippen molar-refractivity contribution in [2.45, 2.75) is 12.5 Å². The van der Waals surface area contributed by atoms with E-state index in [1.165, 1.54) is 20.2 Å². The highest BCUT2D eigenvalue weighted by molar-refractivity contribution is 7.19. The van der Waals surface area contributed by atoms with Crippen molar-refractivity contribution in [3.05, 3.63) is 70.4 Å². The minimum Gasteiger partial charge on any atom is -0.380 e. The van der Waals surface area contributed by atoms with E-state index in [1.807, 2.05) is 31.2 Å². The molecule has 2 heterocycles. The molecule has 2 aromatic carbocycles. The standard InChI is InChI=1S/C18H14OS2/c1-18(19,14-7-4-6-12-9-10-20-17(12)14)16-11-13-5-2-3-8-15(13)21-16/h2-11,19H,1H3. The van der Waals surface area contributed by atoms with Gasteiger partial charge in [0.1, 0.15) is 5.60 Å². The maximum atomic E-state index is 11.2. The van der Waals surface area contributed by atoms with Gasteiger partial charge < -0.3 is 5.11 Å². The van der Waals surface area contributed by atoms with Crippen LogP contribution in [0.25, 0.3) is 20.2 Å². The maximum Gasteiger partial charge on any atom is 0.122 e. The average Bonchev–Trinajstić information content (AvgIpc) is 3.13. The van der Waals surface area contributed by atoms with E-state index in [-0.39, 0.29) is 0 Å². The summed E-state index contributed by atoms with van der Waals surface area (Å²) in [7, 11) is 0. The number of rotatable bonds is 2. The van der Waals surface area contributed by atoms with Gasteiger partial charge in [0.2, 0.25) is 0 Å². The Kier molecular flexibility index (Phi) is 2.89. The van der Waals surface area contributed by atoms with Crippen LogP contribution in [0.2, 0.25) is 0 Å². The zero-order chi connectivity index (χ0) is 14.4. The number of hydrogen-bond donors (Lipinski definition) is 1. The molecule has 21 heavy (non-hydrogen) atoms. The summed E-state index contributed by atoms with van der Waals surface area (Å²) in [5, 5.41) is 15.7. The highest BCUT2D eigenvalue weighted by atomic mass is 32.1. The molecular weight excluding hydrogens is 296 g/mol. The lowest BCUT2D eigenvalue weighted by Gasteiger charge is -2.23. The average molecular weight is 310 g/mol. The minimum absolute atomic E-state index is 0.964. The van der Waals surface area contributed by atoms with Gasteiger partial charge in [0, 0.05) is 19.8 Å². The lowest BCUT2D eigenvalue weighted by atomic mass is 9.93. The van der Waals surface area contributed by atoms with Crippen LogP contribution in [-0.2, 0) is 5.60 Å². The van der Waals surface area contributed by atoms with E-state index in [9.17, 15) is 5.11 Å². The van der Waals surface area contributed by atoms with Crippen molar-refractivity contribution >= 4 is 42.8 Å². The van der Waals surface area contributed by atoms with Crippen LogP contribution < -0.4 is 0 Å². The third kappa shape index (κ3) is 2.01. The molecule has 104 valence electrons. The number of benzene rings is 2. The molecule has 1 atom stereocenters. The summed E-state index contributed by atoms with van der Waals surface area (Å²) in [6.45, 7) is 1.90. The van der Waals surface area contributed by atoms with Crippen molar-refractivity contribution in [2.24, 2.45) is 0 Å². The molecule has 0 spiro atoms. The molecule has 4 aromatic rings. The molecule has 2 aromatic heterocycles. The van der Waals surface area contributed by atoms with E-state index >= 15 is 0 Å². The Morgan fingerprint density at radius 1 is 0.952 bits per heavy atom. The minimum atomic E-state index is -0.964. The van der Waals surface area contributed by atoms with E-state index in [0.717, 1.165) is 10.4 Å². The fraction of sp³-hybridized carbons (Fsp3) is 0.111. The predicted octanol–water partition coefficient (Wildman–Crippen LogP) is 5.37. The van der Waals surface area contributed by atoms with Crippen LogP contribution in [0.15, 0.2) is 60.0 Å². The Morgan fingerprint density at radius 2 is 1.76 bits per heavy atom. The van der Waals surface area contributed by atoms with Gasteiger partial charge in [-0.3, -0.25) is 0 Å². The second-order valence-corrected chi connectivity index (χ2v) is 7.37. The largest absolute Gasteiger partial charge is 0.380 e. The van der Waals surface area contributed by atoms with Gasteiger partial charge in [0.25, 0.3) is 0 Å². The third-order valence-electron chi connectivity index (χ3n) is 3.91. The molecule has 3 heteroatoms. The van der Waals surface area contributed by atoms with Crippen molar-refractivity contribution in [3.63, 3.8) is 0 Å². The van der Waals surface area contributed by atoms with Crippen molar-refractivity contribution < 1.29 is 5.11 Å². The van der Waals surface area contributed by atoms with E-state index in [4.69, 9.17) is 0 Å². The van der Waals surface area contributed by atoms with Crippen LogP contribution in [0.3, 0.4) is 0 Å². The van der Waals surface area contributed by atoms with Gasteiger partial charge in [0.05, 0.1) is 0 Å². The van der Waals surface area contributed by atoms with E-state index < -0.39 is 5.60 Å². The summed E-state index contributed by atoms with van der Waals surface area (Å²) < 4.78 is 2.38. The van der Waals surface area contributed by atoms with E-state index in [0.29, 0.717) is 0 Å². The normalized spacial score (nSPS) is 14.6. The monoisotopic (exact) mass is 310 g/mol. The summed E-state index contributed by atoms with van der Waals surface area (Å²) in [5.74, 6) is 0. The zero-order valence-corrected chi connectivity index (χ0v) is 13.2. The fourth-order valence-corrected chi connectivity index (χ4v) is 4.87. The first-order valence-corrected chi connectivity index (χ1v) is 8.54. The molecule has 1 N–H and O–H groups in total. The zero-order valence-electron chi connectivity index (χ0n) is 11.5. The molecule has 0 bridgehead atoms. The quantitative estimate of drug-likeness (QED) is 0.527. The van der Waals surface area contributed by atoms with Crippen LogP contribution in [0, 0.1) is 0 Å². The van der Waals surface area contributed by atoms with Gasteiger partial charge in [-0.1, -0.05) is 36.4 Å². The summed E-state index contributed by atoms with van der Waals surface area (Å²) in [6, 6.07) is 18.6. The number of aliphatic hydroxyl groups is 1. The molecule has 0 aliphatic heterocycles. The topological polar surface area (TPSA) is 20.2 Å². The maximum absolute atomic E-state index is 11.2. The van der Waals surface area contributed by atoms with Gasteiger partial charge in [-0.2, -0.15) is 0 Å². The van der Waals surface area contributed by atoms with Crippen LogP contribution in [0.4, 0.5) is 0 Å². The Labute approximate surface area is 131 Å².